The highest BCUT2D eigenvalue weighted by Gasteiger charge is 2.09. The minimum Gasteiger partial charge on any atom is -0.289 e. The van der Waals surface area contributed by atoms with Gasteiger partial charge in [-0.3, -0.25) is 4.79 Å². The van der Waals surface area contributed by atoms with Crippen LogP contribution in [0.2, 0.25) is 5.02 Å². The number of ketones is 1. The molecule has 3 aromatic carbocycles. The first-order valence-corrected chi connectivity index (χ1v) is 8.46. The molecule has 3 rings (SSSR count). The Morgan fingerprint density at radius 3 is 1.70 bits per heavy atom. The summed E-state index contributed by atoms with van der Waals surface area (Å²) >= 11 is 7.54. The van der Waals surface area contributed by atoms with Gasteiger partial charge in [0.25, 0.3) is 0 Å². The van der Waals surface area contributed by atoms with Gasteiger partial charge in [0.05, 0.1) is 0 Å². The Morgan fingerprint density at radius 1 is 0.739 bits per heavy atom. The molecule has 0 saturated carbocycles. The van der Waals surface area contributed by atoms with E-state index in [0.717, 1.165) is 4.90 Å². The second-order valence-corrected chi connectivity index (χ2v) is 6.86. The van der Waals surface area contributed by atoms with Crippen molar-refractivity contribution < 1.29 is 4.79 Å². The molecule has 0 heterocycles. The van der Waals surface area contributed by atoms with E-state index in [0.29, 0.717) is 16.1 Å². The van der Waals surface area contributed by atoms with Gasteiger partial charge in [-0.1, -0.05) is 41.1 Å². The molecule has 1 nitrogen and oxygen atoms in total. The van der Waals surface area contributed by atoms with Gasteiger partial charge in [-0.15, -0.1) is 0 Å². The van der Waals surface area contributed by atoms with Crippen LogP contribution in [0.1, 0.15) is 21.5 Å². The zero-order valence-corrected chi connectivity index (χ0v) is 14.2. The lowest BCUT2D eigenvalue weighted by Gasteiger charge is -2.05. The van der Waals surface area contributed by atoms with Crippen molar-refractivity contribution in [1.29, 1.82) is 0 Å². The number of halogens is 1. The van der Waals surface area contributed by atoms with Crippen molar-refractivity contribution in [3.05, 3.63) is 94.5 Å². The van der Waals surface area contributed by atoms with Crippen LogP contribution in [-0.2, 0) is 0 Å². The van der Waals surface area contributed by atoms with Gasteiger partial charge in [-0.05, 0) is 67.6 Å². The maximum atomic E-state index is 12.4. The highest BCUT2D eigenvalue weighted by molar-refractivity contribution is 7.99. The minimum atomic E-state index is 0.00792. The summed E-state index contributed by atoms with van der Waals surface area (Å²) in [6.07, 6.45) is 0. The molecule has 3 aromatic rings. The highest BCUT2D eigenvalue weighted by Crippen LogP contribution is 2.28. The lowest BCUT2D eigenvalue weighted by atomic mass is 10.0. The molecule has 0 fully saturated rings. The average Bonchev–Trinajstić information content (AvgIpc) is 2.58. The zero-order valence-electron chi connectivity index (χ0n) is 12.6. The largest absolute Gasteiger partial charge is 0.289 e. The summed E-state index contributed by atoms with van der Waals surface area (Å²) < 4.78 is 0. The van der Waals surface area contributed by atoms with Crippen molar-refractivity contribution in [1.82, 2.24) is 0 Å². The summed E-state index contributed by atoms with van der Waals surface area (Å²) in [5.74, 6) is 0.00792. The van der Waals surface area contributed by atoms with Gasteiger partial charge in [0, 0.05) is 25.9 Å². The van der Waals surface area contributed by atoms with E-state index in [4.69, 9.17) is 11.6 Å². The molecule has 0 aromatic heterocycles. The molecule has 0 saturated heterocycles. The van der Waals surface area contributed by atoms with E-state index in [-0.39, 0.29) is 5.78 Å². The standard InChI is InChI=1S/C20H15ClOS/c1-14-2-10-18(11-3-14)23-19-12-6-16(7-13-19)20(22)15-4-8-17(21)9-5-15/h2-13H,1H3. The highest BCUT2D eigenvalue weighted by atomic mass is 35.5. The molecule has 0 aliphatic heterocycles. The van der Waals surface area contributed by atoms with E-state index in [1.165, 1.54) is 10.5 Å². The van der Waals surface area contributed by atoms with Crippen molar-refractivity contribution in [2.45, 2.75) is 16.7 Å². The van der Waals surface area contributed by atoms with Crippen LogP contribution in [0.25, 0.3) is 0 Å². The first-order valence-electron chi connectivity index (χ1n) is 7.27. The minimum absolute atomic E-state index is 0.00792. The molecule has 3 heteroatoms. The molecule has 23 heavy (non-hydrogen) atoms. The molecule has 0 aliphatic rings. The quantitative estimate of drug-likeness (QED) is 0.540. The molecule has 0 unspecified atom stereocenters. The lowest BCUT2D eigenvalue weighted by molar-refractivity contribution is 0.103. The molecule has 0 bridgehead atoms. The van der Waals surface area contributed by atoms with Crippen molar-refractivity contribution in [3.8, 4) is 0 Å². The Kier molecular flexibility index (Phi) is 4.85. The molecule has 0 spiro atoms. The third kappa shape index (κ3) is 4.04. The van der Waals surface area contributed by atoms with Crippen LogP contribution in [0, 0.1) is 6.92 Å². The SMILES string of the molecule is Cc1ccc(Sc2ccc(C(=O)c3ccc(Cl)cc3)cc2)cc1. The van der Waals surface area contributed by atoms with Gasteiger partial charge in [0.1, 0.15) is 0 Å². The molecule has 0 aliphatic carbocycles. The fourth-order valence-electron chi connectivity index (χ4n) is 2.18. The monoisotopic (exact) mass is 338 g/mol. The van der Waals surface area contributed by atoms with Crippen molar-refractivity contribution in [2.24, 2.45) is 0 Å². The number of carbonyl (C=O) groups excluding carboxylic acids is 1. The van der Waals surface area contributed by atoms with Crippen molar-refractivity contribution in [3.63, 3.8) is 0 Å². The number of hydrogen-bond acceptors (Lipinski definition) is 2. The molecule has 0 N–H and O–H groups in total. The topological polar surface area (TPSA) is 17.1 Å². The second kappa shape index (κ2) is 7.03. The predicted molar refractivity (Wildman–Crippen MR) is 96.6 cm³/mol. The first-order chi connectivity index (χ1) is 11.1. The average molecular weight is 339 g/mol. The molecule has 0 atom stereocenters. The fourth-order valence-corrected chi connectivity index (χ4v) is 3.13. The smallest absolute Gasteiger partial charge is 0.193 e. The number of rotatable bonds is 4. The Hall–Kier alpha value is -2.03. The van der Waals surface area contributed by atoms with Crippen LogP contribution in [0.5, 0.6) is 0 Å². The third-order valence-corrected chi connectivity index (χ3v) is 4.75. The Balaban J connectivity index is 1.75. The van der Waals surface area contributed by atoms with E-state index in [2.05, 4.69) is 31.2 Å². The van der Waals surface area contributed by atoms with Crippen LogP contribution in [0.15, 0.2) is 82.6 Å². The summed E-state index contributed by atoms with van der Waals surface area (Å²) in [7, 11) is 0. The normalized spacial score (nSPS) is 10.5. The summed E-state index contributed by atoms with van der Waals surface area (Å²) in [6.45, 7) is 2.08. The van der Waals surface area contributed by atoms with E-state index >= 15 is 0 Å². The Labute approximate surface area is 145 Å². The fraction of sp³-hybridized carbons (Fsp3) is 0.0500. The molecule has 0 radical (unpaired) electrons. The van der Waals surface area contributed by atoms with Crippen LogP contribution in [0.3, 0.4) is 0 Å². The molecule has 0 amide bonds. The lowest BCUT2D eigenvalue weighted by Crippen LogP contribution is -2.00. The third-order valence-electron chi connectivity index (χ3n) is 3.48. The van der Waals surface area contributed by atoms with Crippen LogP contribution < -0.4 is 0 Å². The number of benzene rings is 3. The van der Waals surface area contributed by atoms with Crippen LogP contribution in [-0.4, -0.2) is 5.78 Å². The Bertz CT molecular complexity index is 806. The van der Waals surface area contributed by atoms with E-state index in [1.54, 1.807) is 36.0 Å². The summed E-state index contributed by atoms with van der Waals surface area (Å²) in [5, 5.41) is 0.631. The van der Waals surface area contributed by atoms with E-state index in [9.17, 15) is 4.79 Å². The van der Waals surface area contributed by atoms with Crippen LogP contribution in [0.4, 0.5) is 0 Å². The second-order valence-electron chi connectivity index (χ2n) is 5.28. The summed E-state index contributed by atoms with van der Waals surface area (Å²) in [4.78, 5) is 14.7. The van der Waals surface area contributed by atoms with Gasteiger partial charge in [-0.25, -0.2) is 0 Å². The van der Waals surface area contributed by atoms with Gasteiger partial charge in [0.15, 0.2) is 5.78 Å². The molecule has 114 valence electrons. The first kappa shape index (κ1) is 15.9. The Morgan fingerprint density at radius 2 is 1.17 bits per heavy atom. The van der Waals surface area contributed by atoms with Gasteiger partial charge < -0.3 is 0 Å². The molecular formula is C20H15ClOS. The van der Waals surface area contributed by atoms with E-state index in [1.807, 2.05) is 24.3 Å². The zero-order chi connectivity index (χ0) is 16.2. The summed E-state index contributed by atoms with van der Waals surface area (Å²) in [6, 6.07) is 23.1. The maximum absolute atomic E-state index is 12.4. The van der Waals surface area contributed by atoms with Crippen molar-refractivity contribution >= 4 is 29.1 Å². The van der Waals surface area contributed by atoms with E-state index < -0.39 is 0 Å². The predicted octanol–water partition coefficient (Wildman–Crippen LogP) is 6.03. The number of aryl methyl sites for hydroxylation is 1. The number of carbonyl (C=O) groups is 1. The summed E-state index contributed by atoms with van der Waals surface area (Å²) in [5.41, 5.74) is 2.58. The van der Waals surface area contributed by atoms with Gasteiger partial charge >= 0.3 is 0 Å². The van der Waals surface area contributed by atoms with Crippen molar-refractivity contribution in [2.75, 3.05) is 0 Å². The number of hydrogen-bond donors (Lipinski definition) is 0. The van der Waals surface area contributed by atoms with Gasteiger partial charge in [-0.2, -0.15) is 0 Å². The van der Waals surface area contributed by atoms with Crippen LogP contribution >= 0.6 is 23.4 Å². The van der Waals surface area contributed by atoms with Gasteiger partial charge in [0.2, 0.25) is 0 Å². The maximum Gasteiger partial charge on any atom is 0.193 e. The molecular weight excluding hydrogens is 324 g/mol.